The number of pyridine rings is 2. The molecule has 0 spiro atoms. The number of carbonyl (C=O) groups excluding carboxylic acids is 1. The molecule has 1 saturated carbocycles. The minimum Gasteiger partial charge on any atom is -0.466 e. The predicted octanol–water partition coefficient (Wildman–Crippen LogP) is 5.51. The first-order chi connectivity index (χ1) is 18.0. The molecule has 2 N–H and O–H groups in total. The lowest BCUT2D eigenvalue weighted by molar-refractivity contribution is -0.120. The lowest BCUT2D eigenvalue weighted by Crippen LogP contribution is -2.50. The Morgan fingerprint density at radius 2 is 1.78 bits per heavy atom. The van der Waals surface area contributed by atoms with Gasteiger partial charge in [-0.15, -0.1) is 0 Å². The van der Waals surface area contributed by atoms with Crippen LogP contribution in [0.25, 0.3) is 22.4 Å². The van der Waals surface area contributed by atoms with Gasteiger partial charge in [0.2, 0.25) is 5.88 Å². The van der Waals surface area contributed by atoms with Crippen LogP contribution in [0.1, 0.15) is 24.8 Å². The lowest BCUT2D eigenvalue weighted by Gasteiger charge is -2.42. The molecule has 8 heteroatoms. The Hall–Kier alpha value is -4.72. The standard InChI is InChI=1S/C29H24N4O4/c34-25-18-37-27-24(33(25)22-8-4-15-30-17-22)16-23(19-6-2-1-3-7-19)26(31-27)20-9-11-21(12-10-20)29(13-5-14-29)32-28(35)36/h1-4,6-12,15-17,32H,5,13-14,18H2,(H,35,36). The van der Waals surface area contributed by atoms with Crippen LogP contribution in [0.4, 0.5) is 16.2 Å². The lowest BCUT2D eigenvalue weighted by atomic mass is 9.71. The second kappa shape index (κ2) is 9.05. The third-order valence-corrected chi connectivity index (χ3v) is 7.04. The van der Waals surface area contributed by atoms with Gasteiger partial charge in [-0.1, -0.05) is 54.6 Å². The number of carboxylic acid groups (broad SMARTS) is 1. The number of rotatable bonds is 5. The highest BCUT2D eigenvalue weighted by atomic mass is 16.5. The van der Waals surface area contributed by atoms with Gasteiger partial charge in [0, 0.05) is 17.3 Å². The Balaban J connectivity index is 1.47. The maximum absolute atomic E-state index is 12.9. The van der Waals surface area contributed by atoms with E-state index in [9.17, 15) is 14.7 Å². The molecular weight excluding hydrogens is 468 g/mol. The summed E-state index contributed by atoms with van der Waals surface area (Å²) >= 11 is 0. The van der Waals surface area contributed by atoms with Crippen molar-refractivity contribution in [1.29, 1.82) is 0 Å². The molecule has 184 valence electrons. The number of fused-ring (bicyclic) bond motifs is 1. The van der Waals surface area contributed by atoms with Crippen LogP contribution in [0, 0.1) is 0 Å². The Labute approximate surface area is 213 Å². The van der Waals surface area contributed by atoms with Crippen LogP contribution in [-0.2, 0) is 10.3 Å². The third kappa shape index (κ3) is 4.06. The fourth-order valence-electron chi connectivity index (χ4n) is 5.08. The van der Waals surface area contributed by atoms with Crippen LogP contribution >= 0.6 is 0 Å². The number of ether oxygens (including phenoxy) is 1. The zero-order valence-corrected chi connectivity index (χ0v) is 19.9. The van der Waals surface area contributed by atoms with Crippen LogP contribution in [0.15, 0.2) is 85.2 Å². The zero-order chi connectivity index (χ0) is 25.4. The van der Waals surface area contributed by atoms with E-state index in [1.54, 1.807) is 23.4 Å². The van der Waals surface area contributed by atoms with Gasteiger partial charge in [-0.3, -0.25) is 14.7 Å². The molecule has 2 amide bonds. The molecule has 37 heavy (non-hydrogen) atoms. The summed E-state index contributed by atoms with van der Waals surface area (Å²) < 4.78 is 5.79. The van der Waals surface area contributed by atoms with Crippen molar-refractivity contribution in [2.75, 3.05) is 11.5 Å². The highest BCUT2D eigenvalue weighted by Gasteiger charge is 2.40. The minimum atomic E-state index is -1.02. The Morgan fingerprint density at radius 3 is 2.43 bits per heavy atom. The van der Waals surface area contributed by atoms with Crippen molar-refractivity contribution < 1.29 is 19.4 Å². The molecular formula is C29H24N4O4. The summed E-state index contributed by atoms with van der Waals surface area (Å²) in [6, 6.07) is 23.3. The van der Waals surface area contributed by atoms with Gasteiger partial charge in [-0.2, -0.15) is 0 Å². The van der Waals surface area contributed by atoms with Crippen molar-refractivity contribution in [1.82, 2.24) is 15.3 Å². The highest BCUT2D eigenvalue weighted by molar-refractivity contribution is 6.05. The molecule has 0 radical (unpaired) electrons. The van der Waals surface area contributed by atoms with Crippen molar-refractivity contribution >= 4 is 23.4 Å². The number of hydrogen-bond acceptors (Lipinski definition) is 5. The summed E-state index contributed by atoms with van der Waals surface area (Å²) in [6.45, 7) is -0.124. The Kier molecular flexibility index (Phi) is 5.56. The van der Waals surface area contributed by atoms with Gasteiger partial charge >= 0.3 is 6.09 Å². The van der Waals surface area contributed by atoms with Crippen LogP contribution in [0.3, 0.4) is 0 Å². The summed E-state index contributed by atoms with van der Waals surface area (Å²) in [6.07, 6.45) is 4.82. The molecule has 4 aromatic rings. The molecule has 0 unspecified atom stereocenters. The molecule has 1 fully saturated rings. The van der Waals surface area contributed by atoms with Crippen molar-refractivity contribution in [2.45, 2.75) is 24.8 Å². The van der Waals surface area contributed by atoms with E-state index >= 15 is 0 Å². The van der Waals surface area contributed by atoms with Gasteiger partial charge in [0.25, 0.3) is 5.91 Å². The second-order valence-corrected chi connectivity index (χ2v) is 9.25. The van der Waals surface area contributed by atoms with Gasteiger partial charge in [0.05, 0.1) is 23.1 Å². The number of nitrogens with zero attached hydrogens (tertiary/aromatic N) is 3. The van der Waals surface area contributed by atoms with E-state index in [0.29, 0.717) is 22.9 Å². The van der Waals surface area contributed by atoms with Crippen molar-refractivity contribution in [2.24, 2.45) is 0 Å². The number of anilines is 2. The van der Waals surface area contributed by atoms with E-state index in [1.165, 1.54) is 0 Å². The minimum absolute atomic E-state index is 0.124. The zero-order valence-electron chi connectivity index (χ0n) is 19.9. The highest BCUT2D eigenvalue weighted by Crippen LogP contribution is 2.44. The molecule has 0 bridgehead atoms. The van der Waals surface area contributed by atoms with Crippen LogP contribution in [-0.4, -0.2) is 33.7 Å². The first-order valence-electron chi connectivity index (χ1n) is 12.1. The average molecular weight is 493 g/mol. The van der Waals surface area contributed by atoms with Crippen LogP contribution in [0.5, 0.6) is 5.88 Å². The summed E-state index contributed by atoms with van der Waals surface area (Å²) in [5.74, 6) is 0.167. The normalized spacial score (nSPS) is 15.8. The second-order valence-electron chi connectivity index (χ2n) is 9.25. The molecule has 1 aliphatic carbocycles. The maximum atomic E-state index is 12.9. The topological polar surface area (TPSA) is 105 Å². The Morgan fingerprint density at radius 1 is 1.00 bits per heavy atom. The van der Waals surface area contributed by atoms with Crippen molar-refractivity contribution in [3.05, 3.63) is 90.8 Å². The fourth-order valence-corrected chi connectivity index (χ4v) is 5.08. The molecule has 6 rings (SSSR count). The quantitative estimate of drug-likeness (QED) is 0.380. The van der Waals surface area contributed by atoms with Crippen LogP contribution < -0.4 is 15.0 Å². The summed E-state index contributed by atoms with van der Waals surface area (Å²) in [5, 5.41) is 12.0. The number of nitrogens with one attached hydrogen (secondary N) is 1. The molecule has 3 heterocycles. The summed E-state index contributed by atoms with van der Waals surface area (Å²) in [5.41, 5.74) is 4.98. The predicted molar refractivity (Wildman–Crippen MR) is 139 cm³/mol. The van der Waals surface area contributed by atoms with Gasteiger partial charge in [-0.25, -0.2) is 9.78 Å². The first kappa shape index (κ1) is 22.7. The smallest absolute Gasteiger partial charge is 0.405 e. The van der Waals surface area contributed by atoms with Gasteiger partial charge in [-0.05, 0) is 48.6 Å². The van der Waals surface area contributed by atoms with Gasteiger partial charge < -0.3 is 15.2 Å². The Bertz CT molecular complexity index is 1470. The van der Waals surface area contributed by atoms with E-state index in [2.05, 4.69) is 10.3 Å². The van der Waals surface area contributed by atoms with Crippen molar-refractivity contribution in [3.8, 4) is 28.3 Å². The molecule has 2 aromatic carbocycles. The molecule has 2 aromatic heterocycles. The van der Waals surface area contributed by atoms with Crippen molar-refractivity contribution in [3.63, 3.8) is 0 Å². The maximum Gasteiger partial charge on any atom is 0.405 e. The monoisotopic (exact) mass is 492 g/mol. The van der Waals surface area contributed by atoms with E-state index < -0.39 is 11.6 Å². The van der Waals surface area contributed by atoms with E-state index in [0.717, 1.165) is 41.5 Å². The fraction of sp³-hybridized carbons (Fsp3) is 0.172. The molecule has 0 saturated heterocycles. The number of hydrogen-bond donors (Lipinski definition) is 2. The number of benzene rings is 2. The van der Waals surface area contributed by atoms with E-state index in [4.69, 9.17) is 9.72 Å². The SMILES string of the molecule is O=C(O)NC1(c2ccc(-c3nc4c(cc3-c3ccccc3)N(c3cccnc3)C(=O)CO4)cc2)CCC1. The van der Waals surface area contributed by atoms with E-state index in [1.807, 2.05) is 66.7 Å². The first-order valence-corrected chi connectivity index (χ1v) is 12.1. The largest absolute Gasteiger partial charge is 0.466 e. The summed E-state index contributed by atoms with van der Waals surface area (Å²) in [4.78, 5) is 35.0. The summed E-state index contributed by atoms with van der Waals surface area (Å²) in [7, 11) is 0. The molecule has 2 aliphatic rings. The molecule has 1 aliphatic heterocycles. The average Bonchev–Trinajstić information content (AvgIpc) is 2.91. The number of amides is 2. The molecule has 8 nitrogen and oxygen atoms in total. The third-order valence-electron chi connectivity index (χ3n) is 7.04. The van der Waals surface area contributed by atoms with E-state index in [-0.39, 0.29) is 12.5 Å². The van der Waals surface area contributed by atoms with Gasteiger partial charge in [0.1, 0.15) is 5.69 Å². The molecule has 0 atom stereocenters. The number of carbonyl (C=O) groups is 2. The van der Waals surface area contributed by atoms with Gasteiger partial charge in [0.15, 0.2) is 6.61 Å². The number of aromatic nitrogens is 2. The van der Waals surface area contributed by atoms with Crippen LogP contribution in [0.2, 0.25) is 0 Å².